The second kappa shape index (κ2) is 2.82. The Balaban J connectivity index is 2.22. The molecule has 0 radical (unpaired) electrons. The van der Waals surface area contributed by atoms with E-state index in [2.05, 4.69) is 16.4 Å². The van der Waals surface area contributed by atoms with Crippen LogP contribution in [0.1, 0.15) is 18.4 Å². The first-order valence-electron chi connectivity index (χ1n) is 4.01. The normalized spacial score (nSPS) is 15.2. The zero-order valence-corrected chi connectivity index (χ0v) is 6.62. The van der Waals surface area contributed by atoms with Crippen LogP contribution in [-0.2, 0) is 0 Å². The quantitative estimate of drug-likeness (QED) is 0.711. The second-order valence-corrected chi connectivity index (χ2v) is 2.95. The van der Waals surface area contributed by atoms with Gasteiger partial charge >= 0.3 is 0 Å². The van der Waals surface area contributed by atoms with Crippen molar-refractivity contribution < 1.29 is 0 Å². The fourth-order valence-electron chi connectivity index (χ4n) is 1.06. The lowest BCUT2D eigenvalue weighted by molar-refractivity contribution is 1.14. The van der Waals surface area contributed by atoms with Gasteiger partial charge in [-0.25, -0.2) is 0 Å². The molecule has 1 saturated carbocycles. The van der Waals surface area contributed by atoms with E-state index in [0.29, 0.717) is 11.6 Å². The van der Waals surface area contributed by atoms with Crippen LogP contribution in [0.15, 0.2) is 18.5 Å². The molecular formula is C9H9N3. The Morgan fingerprint density at radius 2 is 2.42 bits per heavy atom. The summed E-state index contributed by atoms with van der Waals surface area (Å²) < 4.78 is 0. The first-order chi connectivity index (χ1) is 5.90. The Morgan fingerprint density at radius 1 is 1.58 bits per heavy atom. The zero-order valence-electron chi connectivity index (χ0n) is 6.62. The van der Waals surface area contributed by atoms with Gasteiger partial charge in [0.25, 0.3) is 0 Å². The molecule has 0 bridgehead atoms. The van der Waals surface area contributed by atoms with Crippen LogP contribution >= 0.6 is 0 Å². The average molecular weight is 159 g/mol. The van der Waals surface area contributed by atoms with E-state index in [9.17, 15) is 0 Å². The van der Waals surface area contributed by atoms with E-state index in [0.717, 1.165) is 5.69 Å². The Hall–Kier alpha value is -1.56. The summed E-state index contributed by atoms with van der Waals surface area (Å²) in [5.74, 6) is 0. The molecule has 60 valence electrons. The molecule has 3 heteroatoms. The monoisotopic (exact) mass is 159 g/mol. The Labute approximate surface area is 71.0 Å². The molecule has 0 amide bonds. The van der Waals surface area contributed by atoms with Gasteiger partial charge in [0.2, 0.25) is 0 Å². The third kappa shape index (κ3) is 1.37. The number of nitriles is 1. The smallest absolute Gasteiger partial charge is 0.103 e. The van der Waals surface area contributed by atoms with Crippen molar-refractivity contribution in [3.63, 3.8) is 0 Å². The highest BCUT2D eigenvalue weighted by atomic mass is 15.0. The molecule has 3 nitrogen and oxygen atoms in total. The first-order valence-corrected chi connectivity index (χ1v) is 4.01. The summed E-state index contributed by atoms with van der Waals surface area (Å²) in [6.07, 6.45) is 5.72. The van der Waals surface area contributed by atoms with Crippen LogP contribution in [0.25, 0.3) is 0 Å². The molecule has 1 N–H and O–H groups in total. The van der Waals surface area contributed by atoms with Crippen molar-refractivity contribution in [2.75, 3.05) is 5.32 Å². The lowest BCUT2D eigenvalue weighted by Gasteiger charge is -2.04. The fraction of sp³-hybridized carbons (Fsp3) is 0.333. The minimum atomic E-state index is 0.583. The van der Waals surface area contributed by atoms with E-state index < -0.39 is 0 Å². The summed E-state index contributed by atoms with van der Waals surface area (Å²) in [6, 6.07) is 4.53. The SMILES string of the molecule is N#Cc1cnccc1NC1CC1. The van der Waals surface area contributed by atoms with Crippen LogP contribution in [0, 0.1) is 11.3 Å². The molecule has 0 atom stereocenters. The van der Waals surface area contributed by atoms with Crippen LogP contribution in [0.4, 0.5) is 5.69 Å². The topological polar surface area (TPSA) is 48.7 Å². The summed E-state index contributed by atoms with van der Waals surface area (Å²) in [7, 11) is 0. The second-order valence-electron chi connectivity index (χ2n) is 2.95. The Kier molecular flexibility index (Phi) is 1.67. The number of anilines is 1. The van der Waals surface area contributed by atoms with Gasteiger partial charge in [-0.2, -0.15) is 5.26 Å². The Bertz CT molecular complexity index is 323. The summed E-state index contributed by atoms with van der Waals surface area (Å²) in [4.78, 5) is 3.88. The van der Waals surface area contributed by atoms with Crippen molar-refractivity contribution in [3.05, 3.63) is 24.0 Å². The zero-order chi connectivity index (χ0) is 8.39. The number of hydrogen-bond donors (Lipinski definition) is 1. The van der Waals surface area contributed by atoms with Crippen LogP contribution in [-0.4, -0.2) is 11.0 Å². The van der Waals surface area contributed by atoms with Crippen molar-refractivity contribution >= 4 is 5.69 Å². The molecule has 1 aliphatic rings. The molecule has 1 fully saturated rings. The van der Waals surface area contributed by atoms with E-state index in [1.54, 1.807) is 12.4 Å². The van der Waals surface area contributed by atoms with Gasteiger partial charge in [-0.3, -0.25) is 4.98 Å². The number of aromatic nitrogens is 1. The number of rotatable bonds is 2. The summed E-state index contributed by atoms with van der Waals surface area (Å²) >= 11 is 0. The van der Waals surface area contributed by atoms with Gasteiger partial charge in [0.05, 0.1) is 11.3 Å². The molecule has 1 heterocycles. The maximum absolute atomic E-state index is 8.72. The largest absolute Gasteiger partial charge is 0.381 e. The third-order valence-electron chi connectivity index (χ3n) is 1.88. The maximum Gasteiger partial charge on any atom is 0.103 e. The predicted octanol–water partition coefficient (Wildman–Crippen LogP) is 1.53. The van der Waals surface area contributed by atoms with Gasteiger partial charge in [0.15, 0.2) is 0 Å². The Morgan fingerprint density at radius 3 is 3.08 bits per heavy atom. The predicted molar refractivity (Wildman–Crippen MR) is 45.6 cm³/mol. The molecule has 1 aromatic heterocycles. The van der Waals surface area contributed by atoms with Crippen LogP contribution < -0.4 is 5.32 Å². The minimum absolute atomic E-state index is 0.583. The highest BCUT2D eigenvalue weighted by Gasteiger charge is 2.21. The number of hydrogen-bond acceptors (Lipinski definition) is 3. The number of pyridine rings is 1. The highest BCUT2D eigenvalue weighted by Crippen LogP contribution is 2.25. The molecule has 0 aliphatic heterocycles. The van der Waals surface area contributed by atoms with E-state index in [1.807, 2.05) is 6.07 Å². The summed E-state index contributed by atoms with van der Waals surface area (Å²) in [5.41, 5.74) is 1.54. The molecule has 0 spiro atoms. The fourth-order valence-corrected chi connectivity index (χ4v) is 1.06. The van der Waals surface area contributed by atoms with E-state index in [-0.39, 0.29) is 0 Å². The maximum atomic E-state index is 8.72. The standard InChI is InChI=1S/C9H9N3/c10-5-7-6-11-4-3-9(7)12-8-1-2-8/h3-4,6,8H,1-2H2,(H,11,12). The van der Waals surface area contributed by atoms with Crippen molar-refractivity contribution in [3.8, 4) is 6.07 Å². The molecule has 1 aromatic rings. The molecule has 0 aromatic carbocycles. The van der Waals surface area contributed by atoms with E-state index in [4.69, 9.17) is 5.26 Å². The number of nitrogens with zero attached hydrogens (tertiary/aromatic N) is 2. The van der Waals surface area contributed by atoms with Gasteiger partial charge in [-0.15, -0.1) is 0 Å². The van der Waals surface area contributed by atoms with E-state index in [1.165, 1.54) is 12.8 Å². The average Bonchev–Trinajstić information content (AvgIpc) is 2.89. The molecule has 0 saturated heterocycles. The molecule has 12 heavy (non-hydrogen) atoms. The van der Waals surface area contributed by atoms with Crippen LogP contribution in [0.3, 0.4) is 0 Å². The third-order valence-corrected chi connectivity index (χ3v) is 1.88. The van der Waals surface area contributed by atoms with Gasteiger partial charge < -0.3 is 5.32 Å². The first kappa shape index (κ1) is 7.11. The van der Waals surface area contributed by atoms with Crippen molar-refractivity contribution in [1.82, 2.24) is 4.98 Å². The lowest BCUT2D eigenvalue weighted by Crippen LogP contribution is -2.02. The van der Waals surface area contributed by atoms with Crippen molar-refractivity contribution in [2.24, 2.45) is 0 Å². The van der Waals surface area contributed by atoms with E-state index >= 15 is 0 Å². The van der Waals surface area contributed by atoms with Crippen LogP contribution in [0.2, 0.25) is 0 Å². The van der Waals surface area contributed by atoms with Gasteiger partial charge in [0, 0.05) is 18.4 Å². The van der Waals surface area contributed by atoms with Crippen molar-refractivity contribution in [2.45, 2.75) is 18.9 Å². The van der Waals surface area contributed by atoms with Gasteiger partial charge in [-0.1, -0.05) is 0 Å². The van der Waals surface area contributed by atoms with Gasteiger partial charge in [-0.05, 0) is 18.9 Å². The summed E-state index contributed by atoms with van der Waals surface area (Å²) in [6.45, 7) is 0. The molecular weight excluding hydrogens is 150 g/mol. The molecule has 2 rings (SSSR count). The molecule has 1 aliphatic carbocycles. The van der Waals surface area contributed by atoms with Crippen molar-refractivity contribution in [1.29, 1.82) is 5.26 Å². The molecule has 0 unspecified atom stereocenters. The lowest BCUT2D eigenvalue weighted by atomic mass is 10.2. The summed E-state index contributed by atoms with van der Waals surface area (Å²) in [5, 5.41) is 12.0. The van der Waals surface area contributed by atoms with Gasteiger partial charge in [0.1, 0.15) is 6.07 Å². The number of nitrogens with one attached hydrogen (secondary N) is 1. The highest BCUT2D eigenvalue weighted by molar-refractivity contribution is 5.56. The minimum Gasteiger partial charge on any atom is -0.381 e. The van der Waals surface area contributed by atoms with Crippen LogP contribution in [0.5, 0.6) is 0 Å².